The van der Waals surface area contributed by atoms with Gasteiger partial charge >= 0.3 is 6.03 Å². The smallest absolute Gasteiger partial charge is 0.321 e. The number of halogens is 1. The van der Waals surface area contributed by atoms with Gasteiger partial charge in [0.05, 0.1) is 12.2 Å². The van der Waals surface area contributed by atoms with Gasteiger partial charge in [0, 0.05) is 35.6 Å². The lowest BCUT2D eigenvalue weighted by Crippen LogP contribution is -2.31. The average Bonchev–Trinajstić information content (AvgIpc) is 2.74. The Balaban J connectivity index is 2.07. The monoisotopic (exact) mass is 320 g/mol. The Bertz CT molecular complexity index is 681. The average molecular weight is 321 g/mol. The van der Waals surface area contributed by atoms with Crippen LogP contribution in [0.15, 0.2) is 24.3 Å². The second-order valence-corrected chi connectivity index (χ2v) is 5.70. The number of urea groups is 1. The van der Waals surface area contributed by atoms with Gasteiger partial charge in [0.25, 0.3) is 0 Å². The van der Waals surface area contributed by atoms with Crippen LogP contribution in [0.4, 0.5) is 10.5 Å². The van der Waals surface area contributed by atoms with E-state index in [9.17, 15) is 4.79 Å². The molecule has 1 heterocycles. The van der Waals surface area contributed by atoms with Crippen LogP contribution >= 0.6 is 11.6 Å². The molecule has 6 heteroatoms. The molecule has 0 saturated heterocycles. The third-order valence-corrected chi connectivity index (χ3v) is 3.88. The molecule has 2 rings (SSSR count). The summed E-state index contributed by atoms with van der Waals surface area (Å²) in [6.45, 7) is 7.40. The zero-order valence-corrected chi connectivity index (χ0v) is 14.1. The number of benzene rings is 1. The maximum Gasteiger partial charge on any atom is 0.321 e. The molecular weight excluding hydrogens is 300 g/mol. The number of rotatable bonds is 4. The highest BCUT2D eigenvalue weighted by atomic mass is 35.5. The Kier molecular flexibility index (Phi) is 5.08. The van der Waals surface area contributed by atoms with E-state index >= 15 is 0 Å². The fourth-order valence-corrected chi connectivity index (χ4v) is 2.56. The van der Waals surface area contributed by atoms with E-state index in [1.807, 2.05) is 24.6 Å². The van der Waals surface area contributed by atoms with Crippen molar-refractivity contribution in [3.05, 3.63) is 46.2 Å². The minimum absolute atomic E-state index is 0.176. The van der Waals surface area contributed by atoms with Crippen molar-refractivity contribution in [2.45, 2.75) is 33.9 Å². The number of anilines is 1. The second-order valence-electron chi connectivity index (χ2n) is 5.26. The maximum atomic E-state index is 12.3. The lowest BCUT2D eigenvalue weighted by molar-refractivity contribution is 0.220. The standard InChI is InChI=1S/C16H21ClN4O/c1-5-21-12(3)15(11(2)19-21)10-20(4)16(22)18-14-8-6-7-13(17)9-14/h6-9H,5,10H2,1-4H3,(H,18,22). The molecule has 0 aliphatic rings. The summed E-state index contributed by atoms with van der Waals surface area (Å²) < 4.78 is 1.95. The van der Waals surface area contributed by atoms with E-state index in [1.165, 1.54) is 0 Å². The number of amides is 2. The van der Waals surface area contributed by atoms with Gasteiger partial charge in [0.15, 0.2) is 0 Å². The molecule has 0 fully saturated rings. The number of hydrogen-bond acceptors (Lipinski definition) is 2. The zero-order chi connectivity index (χ0) is 16.3. The number of carbonyl (C=O) groups excluding carboxylic acids is 1. The van der Waals surface area contributed by atoms with Crippen molar-refractivity contribution in [3.63, 3.8) is 0 Å². The van der Waals surface area contributed by atoms with Crippen LogP contribution in [-0.4, -0.2) is 27.8 Å². The number of aryl methyl sites for hydroxylation is 2. The number of hydrogen-bond donors (Lipinski definition) is 1. The van der Waals surface area contributed by atoms with E-state index in [0.29, 0.717) is 17.3 Å². The first kappa shape index (κ1) is 16.4. The summed E-state index contributed by atoms with van der Waals surface area (Å²) in [6.07, 6.45) is 0. The molecule has 0 unspecified atom stereocenters. The molecule has 1 aromatic heterocycles. The Labute approximate surface area is 135 Å². The third-order valence-electron chi connectivity index (χ3n) is 3.65. The lowest BCUT2D eigenvalue weighted by Gasteiger charge is -2.18. The van der Waals surface area contributed by atoms with Gasteiger partial charge in [-0.25, -0.2) is 4.79 Å². The van der Waals surface area contributed by atoms with E-state index in [1.54, 1.807) is 30.1 Å². The highest BCUT2D eigenvalue weighted by Gasteiger charge is 2.16. The zero-order valence-electron chi connectivity index (χ0n) is 13.4. The van der Waals surface area contributed by atoms with Gasteiger partial charge < -0.3 is 10.2 Å². The fraction of sp³-hybridized carbons (Fsp3) is 0.375. The number of aromatic nitrogens is 2. The minimum Gasteiger partial charge on any atom is -0.323 e. The highest BCUT2D eigenvalue weighted by Crippen LogP contribution is 2.17. The Morgan fingerprint density at radius 3 is 2.73 bits per heavy atom. The first-order valence-electron chi connectivity index (χ1n) is 7.23. The Morgan fingerprint density at radius 2 is 2.14 bits per heavy atom. The van der Waals surface area contributed by atoms with E-state index < -0.39 is 0 Å². The molecule has 1 aromatic carbocycles. The first-order chi connectivity index (χ1) is 10.4. The molecule has 0 spiro atoms. The molecule has 0 saturated carbocycles. The summed E-state index contributed by atoms with van der Waals surface area (Å²) in [5.41, 5.74) is 3.83. The topological polar surface area (TPSA) is 50.2 Å². The van der Waals surface area contributed by atoms with Crippen LogP contribution in [-0.2, 0) is 13.1 Å². The van der Waals surface area contributed by atoms with E-state index in [4.69, 9.17) is 11.6 Å². The van der Waals surface area contributed by atoms with Gasteiger partial charge in [0.2, 0.25) is 0 Å². The Morgan fingerprint density at radius 1 is 1.41 bits per heavy atom. The van der Waals surface area contributed by atoms with Gasteiger partial charge in [-0.3, -0.25) is 4.68 Å². The quantitative estimate of drug-likeness (QED) is 0.930. The normalized spacial score (nSPS) is 10.6. The summed E-state index contributed by atoms with van der Waals surface area (Å²) in [5.74, 6) is 0. The molecule has 2 amide bonds. The molecule has 118 valence electrons. The van der Waals surface area contributed by atoms with Crippen molar-refractivity contribution in [3.8, 4) is 0 Å². The predicted molar refractivity (Wildman–Crippen MR) is 89.3 cm³/mol. The van der Waals surface area contributed by atoms with Crippen LogP contribution < -0.4 is 5.32 Å². The summed E-state index contributed by atoms with van der Waals surface area (Å²) in [5, 5.41) is 7.91. The lowest BCUT2D eigenvalue weighted by atomic mass is 10.2. The van der Waals surface area contributed by atoms with Crippen molar-refractivity contribution in [2.75, 3.05) is 12.4 Å². The van der Waals surface area contributed by atoms with Gasteiger partial charge in [0.1, 0.15) is 0 Å². The van der Waals surface area contributed by atoms with E-state index in [0.717, 1.165) is 23.5 Å². The number of carbonyl (C=O) groups is 1. The van der Waals surface area contributed by atoms with Crippen LogP contribution in [0.1, 0.15) is 23.9 Å². The van der Waals surface area contributed by atoms with Gasteiger partial charge in [-0.05, 0) is 39.0 Å². The van der Waals surface area contributed by atoms with Crippen molar-refractivity contribution < 1.29 is 4.79 Å². The van der Waals surface area contributed by atoms with Crippen molar-refractivity contribution in [2.24, 2.45) is 0 Å². The number of nitrogens with one attached hydrogen (secondary N) is 1. The van der Waals surface area contributed by atoms with E-state index in [-0.39, 0.29) is 6.03 Å². The summed E-state index contributed by atoms with van der Waals surface area (Å²) in [7, 11) is 1.77. The maximum absolute atomic E-state index is 12.3. The van der Waals surface area contributed by atoms with Gasteiger partial charge in [-0.15, -0.1) is 0 Å². The van der Waals surface area contributed by atoms with Crippen LogP contribution in [0.25, 0.3) is 0 Å². The van der Waals surface area contributed by atoms with Crippen LogP contribution in [0.2, 0.25) is 5.02 Å². The summed E-state index contributed by atoms with van der Waals surface area (Å²) in [6, 6.07) is 6.93. The summed E-state index contributed by atoms with van der Waals surface area (Å²) in [4.78, 5) is 13.9. The highest BCUT2D eigenvalue weighted by molar-refractivity contribution is 6.30. The largest absolute Gasteiger partial charge is 0.323 e. The van der Waals surface area contributed by atoms with Gasteiger partial charge in [-0.1, -0.05) is 17.7 Å². The summed E-state index contributed by atoms with van der Waals surface area (Å²) >= 11 is 5.92. The molecule has 1 N–H and O–H groups in total. The SMILES string of the molecule is CCn1nc(C)c(CN(C)C(=O)Nc2cccc(Cl)c2)c1C. The predicted octanol–water partition coefficient (Wildman–Crippen LogP) is 3.84. The van der Waals surface area contributed by atoms with Crippen LogP contribution in [0, 0.1) is 13.8 Å². The number of nitrogens with zero attached hydrogens (tertiary/aromatic N) is 3. The first-order valence-corrected chi connectivity index (χ1v) is 7.60. The molecular formula is C16H21ClN4O. The van der Waals surface area contributed by atoms with Crippen molar-refractivity contribution >= 4 is 23.3 Å². The molecule has 2 aromatic rings. The molecule has 0 atom stereocenters. The minimum atomic E-state index is -0.176. The van der Waals surface area contributed by atoms with Crippen molar-refractivity contribution in [1.29, 1.82) is 0 Å². The van der Waals surface area contributed by atoms with Gasteiger partial charge in [-0.2, -0.15) is 5.10 Å². The Hall–Kier alpha value is -2.01. The molecule has 0 aliphatic heterocycles. The van der Waals surface area contributed by atoms with Crippen LogP contribution in [0.5, 0.6) is 0 Å². The van der Waals surface area contributed by atoms with E-state index in [2.05, 4.69) is 17.3 Å². The molecule has 0 radical (unpaired) electrons. The van der Waals surface area contributed by atoms with Crippen molar-refractivity contribution in [1.82, 2.24) is 14.7 Å². The molecule has 0 bridgehead atoms. The second kappa shape index (κ2) is 6.83. The third kappa shape index (κ3) is 3.60. The molecule has 5 nitrogen and oxygen atoms in total. The van der Waals surface area contributed by atoms with Crippen LogP contribution in [0.3, 0.4) is 0 Å². The molecule has 0 aliphatic carbocycles. The fourth-order valence-electron chi connectivity index (χ4n) is 2.36. The molecule has 22 heavy (non-hydrogen) atoms.